The van der Waals surface area contributed by atoms with E-state index in [-0.39, 0.29) is 12.1 Å². The second-order valence-corrected chi connectivity index (χ2v) is 6.80. The number of aromatic nitrogens is 3. The molecule has 156 valence electrons. The van der Waals surface area contributed by atoms with Gasteiger partial charge in [-0.15, -0.1) is 0 Å². The minimum Gasteiger partial charge on any atom is -0.422 e. The van der Waals surface area contributed by atoms with Gasteiger partial charge in [0.05, 0.1) is 0 Å². The first-order valence-corrected chi connectivity index (χ1v) is 9.65. The monoisotopic (exact) mass is 416 g/mol. The number of pyridine rings is 1. The normalized spacial score (nSPS) is 10.6. The van der Waals surface area contributed by atoms with Gasteiger partial charge in [-0.1, -0.05) is 18.2 Å². The molecule has 31 heavy (non-hydrogen) atoms. The molecule has 1 amide bonds. The smallest absolute Gasteiger partial charge is 0.349 e. The Balaban J connectivity index is 1.32. The van der Waals surface area contributed by atoms with E-state index in [4.69, 9.17) is 4.42 Å². The lowest BCUT2D eigenvalue weighted by atomic mass is 10.2. The van der Waals surface area contributed by atoms with E-state index in [9.17, 15) is 9.59 Å². The zero-order valence-electron chi connectivity index (χ0n) is 16.8. The highest BCUT2D eigenvalue weighted by Gasteiger charge is 2.13. The largest absolute Gasteiger partial charge is 0.422 e. The van der Waals surface area contributed by atoms with Crippen LogP contribution in [0.5, 0.6) is 0 Å². The summed E-state index contributed by atoms with van der Waals surface area (Å²) in [5.74, 6) is 1.38. The van der Waals surface area contributed by atoms with Crippen molar-refractivity contribution in [3.8, 4) is 0 Å². The third-order valence-corrected chi connectivity index (χ3v) is 4.44. The van der Waals surface area contributed by atoms with E-state index in [1.165, 1.54) is 12.4 Å². The Hall–Kier alpha value is -4.27. The van der Waals surface area contributed by atoms with Crippen LogP contribution in [-0.2, 0) is 0 Å². The molecule has 4 aromatic rings. The quantitative estimate of drug-likeness (QED) is 0.311. The number of carbonyl (C=O) groups is 1. The van der Waals surface area contributed by atoms with E-state index in [1.807, 2.05) is 25.1 Å². The molecule has 0 aliphatic rings. The van der Waals surface area contributed by atoms with Crippen LogP contribution in [0.25, 0.3) is 11.0 Å². The molecule has 0 fully saturated rings. The molecule has 3 heterocycles. The van der Waals surface area contributed by atoms with Crippen molar-refractivity contribution in [1.29, 1.82) is 0 Å². The molecule has 4 rings (SSSR count). The topological polar surface area (TPSA) is 122 Å². The van der Waals surface area contributed by atoms with Gasteiger partial charge >= 0.3 is 5.63 Å². The number of hydrogen-bond acceptors (Lipinski definition) is 8. The van der Waals surface area contributed by atoms with E-state index in [1.54, 1.807) is 30.5 Å². The van der Waals surface area contributed by atoms with Gasteiger partial charge in [-0.3, -0.25) is 4.79 Å². The van der Waals surface area contributed by atoms with Gasteiger partial charge in [0.25, 0.3) is 5.91 Å². The molecule has 9 nitrogen and oxygen atoms in total. The third kappa shape index (κ3) is 5.02. The molecule has 9 heteroatoms. The zero-order valence-corrected chi connectivity index (χ0v) is 16.8. The molecular formula is C22H20N6O3. The molecule has 0 saturated heterocycles. The molecule has 0 radical (unpaired) electrons. The fraction of sp³-hybridized carbons (Fsp3) is 0.136. The van der Waals surface area contributed by atoms with Crippen LogP contribution in [0.4, 0.5) is 17.5 Å². The summed E-state index contributed by atoms with van der Waals surface area (Å²) in [5, 5.41) is 9.62. The van der Waals surface area contributed by atoms with Crippen molar-refractivity contribution < 1.29 is 9.21 Å². The average Bonchev–Trinajstić information content (AvgIpc) is 2.76. The highest BCUT2D eigenvalue weighted by atomic mass is 16.4. The summed E-state index contributed by atoms with van der Waals surface area (Å²) >= 11 is 0. The molecule has 0 bridgehead atoms. The second kappa shape index (κ2) is 9.04. The molecule has 0 unspecified atom stereocenters. The number of rotatable bonds is 7. The van der Waals surface area contributed by atoms with Gasteiger partial charge in [0.1, 0.15) is 34.9 Å². The summed E-state index contributed by atoms with van der Waals surface area (Å²) in [4.78, 5) is 37.0. The van der Waals surface area contributed by atoms with Crippen molar-refractivity contribution in [2.45, 2.75) is 6.92 Å². The molecular weight excluding hydrogens is 396 g/mol. The summed E-state index contributed by atoms with van der Waals surface area (Å²) < 4.78 is 5.20. The Kier molecular flexibility index (Phi) is 5.84. The summed E-state index contributed by atoms with van der Waals surface area (Å²) in [6.45, 7) is 2.68. The molecule has 0 saturated carbocycles. The molecule has 0 aliphatic carbocycles. The van der Waals surface area contributed by atoms with Crippen LogP contribution in [0.3, 0.4) is 0 Å². The average molecular weight is 416 g/mol. The summed E-state index contributed by atoms with van der Waals surface area (Å²) in [6.07, 6.45) is 3.15. The van der Waals surface area contributed by atoms with E-state index in [2.05, 4.69) is 30.9 Å². The molecule has 0 aliphatic heterocycles. The lowest BCUT2D eigenvalue weighted by Gasteiger charge is -2.09. The Labute approximate surface area is 177 Å². The van der Waals surface area contributed by atoms with Crippen LogP contribution >= 0.6 is 0 Å². The van der Waals surface area contributed by atoms with E-state index in [0.29, 0.717) is 35.0 Å². The van der Waals surface area contributed by atoms with Crippen molar-refractivity contribution in [1.82, 2.24) is 20.3 Å². The number of para-hydroxylation sites is 1. The summed E-state index contributed by atoms with van der Waals surface area (Å²) in [7, 11) is 0. The predicted molar refractivity (Wildman–Crippen MR) is 118 cm³/mol. The van der Waals surface area contributed by atoms with Crippen LogP contribution in [-0.4, -0.2) is 33.9 Å². The van der Waals surface area contributed by atoms with Gasteiger partial charge in [0.15, 0.2) is 0 Å². The van der Waals surface area contributed by atoms with Crippen molar-refractivity contribution in [2.75, 3.05) is 23.7 Å². The highest BCUT2D eigenvalue weighted by Crippen LogP contribution is 2.15. The van der Waals surface area contributed by atoms with Crippen molar-refractivity contribution in [3.05, 3.63) is 82.6 Å². The van der Waals surface area contributed by atoms with E-state index in [0.717, 1.165) is 5.56 Å². The van der Waals surface area contributed by atoms with Crippen LogP contribution in [0, 0.1) is 6.92 Å². The fourth-order valence-electron chi connectivity index (χ4n) is 2.94. The maximum Gasteiger partial charge on any atom is 0.349 e. The van der Waals surface area contributed by atoms with Crippen molar-refractivity contribution >= 4 is 34.3 Å². The number of aryl methyl sites for hydroxylation is 1. The molecule has 3 aromatic heterocycles. The minimum atomic E-state index is -0.666. The van der Waals surface area contributed by atoms with Crippen LogP contribution in [0.2, 0.25) is 0 Å². The van der Waals surface area contributed by atoms with Gasteiger partial charge in [0.2, 0.25) is 0 Å². The number of nitrogens with one attached hydrogen (secondary N) is 3. The minimum absolute atomic E-state index is 0.0297. The zero-order chi connectivity index (χ0) is 21.6. The van der Waals surface area contributed by atoms with Gasteiger partial charge in [-0.05, 0) is 36.8 Å². The van der Waals surface area contributed by atoms with Crippen LogP contribution in [0.15, 0.2) is 70.3 Å². The molecule has 1 aromatic carbocycles. The Bertz CT molecular complexity index is 1290. The molecule has 0 atom stereocenters. The standard InChI is InChI=1S/C22H20N6O3/c1-14-6-7-23-19(10-14)28-20-12-18(26-13-27-20)24-8-9-25-21(29)16-11-15-4-2-3-5-17(15)31-22(16)30/h2-7,10-13H,8-9H2,1H3,(H,25,29)(H2,23,24,26,27,28). The first-order valence-electron chi connectivity index (χ1n) is 9.65. The number of hydrogen-bond donors (Lipinski definition) is 3. The van der Waals surface area contributed by atoms with Gasteiger partial charge < -0.3 is 20.4 Å². The SMILES string of the molecule is Cc1ccnc(Nc2cc(NCCNC(=O)c3cc4ccccc4oc3=O)ncn2)c1. The third-order valence-electron chi connectivity index (χ3n) is 4.44. The Morgan fingerprint density at radius 1 is 0.968 bits per heavy atom. The molecule has 3 N–H and O–H groups in total. The van der Waals surface area contributed by atoms with Crippen molar-refractivity contribution in [2.24, 2.45) is 0 Å². The Morgan fingerprint density at radius 3 is 2.65 bits per heavy atom. The van der Waals surface area contributed by atoms with E-state index >= 15 is 0 Å². The summed E-state index contributed by atoms with van der Waals surface area (Å²) in [6, 6.07) is 14.1. The molecule has 0 spiro atoms. The summed E-state index contributed by atoms with van der Waals surface area (Å²) in [5.41, 5.74) is 0.833. The van der Waals surface area contributed by atoms with Gasteiger partial charge in [0, 0.05) is 30.7 Å². The number of nitrogens with zero attached hydrogens (tertiary/aromatic N) is 3. The number of anilines is 3. The maximum absolute atomic E-state index is 12.4. The number of carbonyl (C=O) groups excluding carboxylic acids is 1. The lowest BCUT2D eigenvalue weighted by Crippen LogP contribution is -2.32. The first kappa shape index (κ1) is 20.0. The lowest BCUT2D eigenvalue weighted by molar-refractivity contribution is 0.0951. The number of benzene rings is 1. The number of fused-ring (bicyclic) bond motifs is 1. The van der Waals surface area contributed by atoms with Gasteiger partial charge in [-0.2, -0.15) is 0 Å². The fourth-order valence-corrected chi connectivity index (χ4v) is 2.94. The second-order valence-electron chi connectivity index (χ2n) is 6.80. The predicted octanol–water partition coefficient (Wildman–Crippen LogP) is 2.87. The van der Waals surface area contributed by atoms with Crippen LogP contribution in [0.1, 0.15) is 15.9 Å². The van der Waals surface area contributed by atoms with Crippen LogP contribution < -0.4 is 21.6 Å². The first-order chi connectivity index (χ1) is 15.1. The number of amides is 1. The maximum atomic E-state index is 12.4. The highest BCUT2D eigenvalue weighted by molar-refractivity contribution is 5.96. The van der Waals surface area contributed by atoms with E-state index < -0.39 is 11.5 Å². The Morgan fingerprint density at radius 2 is 1.77 bits per heavy atom. The van der Waals surface area contributed by atoms with Crippen molar-refractivity contribution in [3.63, 3.8) is 0 Å². The van der Waals surface area contributed by atoms with Gasteiger partial charge in [-0.25, -0.2) is 19.7 Å².